The third kappa shape index (κ3) is 6.86. The van der Waals surface area contributed by atoms with Gasteiger partial charge in [0.1, 0.15) is 11.4 Å². The highest BCUT2D eigenvalue weighted by Gasteiger charge is 2.30. The van der Waals surface area contributed by atoms with Crippen LogP contribution in [0.5, 0.6) is 5.75 Å². The predicted molar refractivity (Wildman–Crippen MR) is 166 cm³/mol. The molecule has 1 fully saturated rings. The molecule has 3 heterocycles. The molecule has 4 aromatic rings. The van der Waals surface area contributed by atoms with Gasteiger partial charge in [-0.1, -0.05) is 12.1 Å². The largest absolute Gasteiger partial charge is 0.494 e. The second-order valence-electron chi connectivity index (χ2n) is 10.5. The zero-order valence-corrected chi connectivity index (χ0v) is 25.2. The summed E-state index contributed by atoms with van der Waals surface area (Å²) in [4.78, 5) is 48.3. The van der Waals surface area contributed by atoms with Crippen molar-refractivity contribution in [2.24, 2.45) is 5.92 Å². The van der Waals surface area contributed by atoms with Crippen molar-refractivity contribution in [2.45, 2.75) is 26.3 Å². The number of nitrogens with one attached hydrogen (secondary N) is 3. The van der Waals surface area contributed by atoms with Gasteiger partial charge in [-0.2, -0.15) is 5.26 Å². The van der Waals surface area contributed by atoms with Crippen LogP contribution in [0.1, 0.15) is 50.6 Å². The number of anilines is 3. The Kier molecular flexibility index (Phi) is 8.94. The number of aromatic nitrogens is 4. The summed E-state index contributed by atoms with van der Waals surface area (Å²) in [6.07, 6.45) is 4.82. The quantitative estimate of drug-likeness (QED) is 0.241. The Hall–Kier alpha value is -5.90. The van der Waals surface area contributed by atoms with Crippen LogP contribution in [0, 0.1) is 24.2 Å². The van der Waals surface area contributed by atoms with E-state index in [2.05, 4.69) is 42.2 Å². The van der Waals surface area contributed by atoms with Crippen LogP contribution in [-0.4, -0.2) is 64.0 Å². The lowest BCUT2D eigenvalue weighted by molar-refractivity contribution is -0.117. The third-order valence-electron chi connectivity index (χ3n) is 7.24. The highest BCUT2D eigenvalue weighted by atomic mass is 16.5. The van der Waals surface area contributed by atoms with Gasteiger partial charge in [-0.15, -0.1) is 10.2 Å². The van der Waals surface area contributed by atoms with Gasteiger partial charge in [-0.05, 0) is 49.6 Å². The van der Waals surface area contributed by atoms with E-state index in [0.717, 1.165) is 24.0 Å². The SMILES string of the molecule is CNC(=O)c1nnc(NC(=O)C2CC2)cc1Nc1cccc(-c2cnc(C(=O)N(C)Cc3cc(C#N)ccn3)cc2C)c1OC. The molecule has 5 rings (SSSR count). The Morgan fingerprint density at radius 3 is 2.56 bits per heavy atom. The van der Waals surface area contributed by atoms with Crippen molar-refractivity contribution in [3.8, 4) is 22.9 Å². The Balaban J connectivity index is 1.42. The first-order valence-corrected chi connectivity index (χ1v) is 14.1. The Morgan fingerprint density at radius 2 is 1.87 bits per heavy atom. The van der Waals surface area contributed by atoms with Gasteiger partial charge in [0.25, 0.3) is 11.8 Å². The standard InChI is InChI=1S/C32H31N9O4/c1-18-12-26(32(44)41(3)17-21-13-19(15-33)10-11-35-21)36-16-23(18)22-6-5-7-24(29(22)45-4)37-25-14-27(38-30(42)20-8-9-20)39-40-28(25)31(43)34-2/h5-7,10-14,16,20H,8-9,17H2,1-4H3,(H,34,43)(H2,37,38,39,42). The smallest absolute Gasteiger partial charge is 0.273 e. The van der Waals surface area contributed by atoms with Crippen molar-refractivity contribution in [1.82, 2.24) is 30.4 Å². The van der Waals surface area contributed by atoms with E-state index < -0.39 is 5.91 Å². The van der Waals surface area contributed by atoms with Crippen LogP contribution in [0.4, 0.5) is 17.2 Å². The van der Waals surface area contributed by atoms with Crippen LogP contribution >= 0.6 is 0 Å². The highest BCUT2D eigenvalue weighted by Crippen LogP contribution is 2.39. The number of nitriles is 1. The second-order valence-corrected chi connectivity index (χ2v) is 10.5. The molecule has 0 saturated heterocycles. The summed E-state index contributed by atoms with van der Waals surface area (Å²) in [6, 6.07) is 14.0. The van der Waals surface area contributed by atoms with E-state index >= 15 is 0 Å². The van der Waals surface area contributed by atoms with E-state index in [9.17, 15) is 14.4 Å². The van der Waals surface area contributed by atoms with Gasteiger partial charge < -0.3 is 25.6 Å². The van der Waals surface area contributed by atoms with Crippen molar-refractivity contribution >= 4 is 34.9 Å². The Labute approximate surface area is 259 Å². The van der Waals surface area contributed by atoms with Crippen LogP contribution in [0.25, 0.3) is 11.1 Å². The van der Waals surface area contributed by atoms with Crippen LogP contribution in [0.15, 0.2) is 54.9 Å². The summed E-state index contributed by atoms with van der Waals surface area (Å²) in [6.45, 7) is 2.09. The number of nitrogens with zero attached hydrogens (tertiary/aromatic N) is 6. The van der Waals surface area contributed by atoms with E-state index in [0.29, 0.717) is 33.9 Å². The molecule has 1 aliphatic rings. The van der Waals surface area contributed by atoms with E-state index in [1.807, 2.05) is 19.1 Å². The first kappa shape index (κ1) is 30.6. The van der Waals surface area contributed by atoms with Gasteiger partial charge in [-0.3, -0.25) is 24.4 Å². The molecule has 13 nitrogen and oxygen atoms in total. The fourth-order valence-corrected chi connectivity index (χ4v) is 4.72. The molecule has 3 aromatic heterocycles. The minimum atomic E-state index is -0.459. The van der Waals surface area contributed by atoms with E-state index in [1.165, 1.54) is 25.3 Å². The molecular weight excluding hydrogens is 574 g/mol. The zero-order valence-electron chi connectivity index (χ0n) is 25.2. The number of benzene rings is 1. The Bertz CT molecular complexity index is 1830. The molecule has 3 N–H and O–H groups in total. The fraction of sp³-hybridized carbons (Fsp3) is 0.250. The minimum absolute atomic E-state index is 0.0315. The zero-order chi connectivity index (χ0) is 32.1. The summed E-state index contributed by atoms with van der Waals surface area (Å²) >= 11 is 0. The van der Waals surface area contributed by atoms with Crippen LogP contribution in [0.3, 0.4) is 0 Å². The second kappa shape index (κ2) is 13.2. The average molecular weight is 606 g/mol. The van der Waals surface area contributed by atoms with Gasteiger partial charge in [0, 0.05) is 49.6 Å². The number of ether oxygens (including phenoxy) is 1. The lowest BCUT2D eigenvalue weighted by Gasteiger charge is -2.19. The lowest BCUT2D eigenvalue weighted by atomic mass is 10.00. The molecule has 1 aromatic carbocycles. The van der Waals surface area contributed by atoms with Gasteiger partial charge in [0.05, 0.1) is 42.4 Å². The predicted octanol–water partition coefficient (Wildman–Crippen LogP) is 3.85. The lowest BCUT2D eigenvalue weighted by Crippen LogP contribution is -2.27. The maximum absolute atomic E-state index is 13.2. The number of aryl methyl sites for hydroxylation is 1. The molecule has 13 heteroatoms. The molecule has 0 spiro atoms. The first-order chi connectivity index (χ1) is 21.7. The third-order valence-corrected chi connectivity index (χ3v) is 7.24. The first-order valence-electron chi connectivity index (χ1n) is 14.1. The number of carbonyl (C=O) groups excluding carboxylic acids is 3. The molecule has 3 amide bonds. The van der Waals surface area contributed by atoms with E-state index in [-0.39, 0.29) is 41.5 Å². The topological polar surface area (TPSA) is 175 Å². The molecule has 1 aliphatic carbocycles. The van der Waals surface area contributed by atoms with E-state index in [4.69, 9.17) is 10.00 Å². The van der Waals surface area contributed by atoms with Gasteiger partial charge >= 0.3 is 0 Å². The summed E-state index contributed by atoms with van der Waals surface area (Å²) in [7, 11) is 4.67. The summed E-state index contributed by atoms with van der Waals surface area (Å²) in [5.74, 6) is -0.243. The molecule has 0 unspecified atom stereocenters. The van der Waals surface area contributed by atoms with Crippen LogP contribution in [0.2, 0.25) is 0 Å². The average Bonchev–Trinajstić information content (AvgIpc) is 3.90. The molecule has 0 aliphatic heterocycles. The maximum Gasteiger partial charge on any atom is 0.273 e. The van der Waals surface area contributed by atoms with Crippen molar-refractivity contribution in [3.05, 3.63) is 83.1 Å². The number of para-hydroxylation sites is 1. The number of hydrogen-bond donors (Lipinski definition) is 3. The number of amides is 3. The molecule has 1 saturated carbocycles. The summed E-state index contributed by atoms with van der Waals surface area (Å²) in [5.41, 5.74) is 4.40. The molecule has 0 atom stereocenters. The fourth-order valence-electron chi connectivity index (χ4n) is 4.72. The number of hydrogen-bond acceptors (Lipinski definition) is 10. The molecule has 0 radical (unpaired) electrons. The normalized spacial score (nSPS) is 12.1. The number of carbonyl (C=O) groups is 3. The number of pyridine rings is 2. The molecule has 0 bridgehead atoms. The van der Waals surface area contributed by atoms with Gasteiger partial charge in [-0.25, -0.2) is 0 Å². The van der Waals surface area contributed by atoms with Crippen molar-refractivity contribution in [1.29, 1.82) is 5.26 Å². The van der Waals surface area contributed by atoms with Crippen molar-refractivity contribution < 1.29 is 19.1 Å². The van der Waals surface area contributed by atoms with Crippen LogP contribution < -0.4 is 20.7 Å². The van der Waals surface area contributed by atoms with Crippen molar-refractivity contribution in [2.75, 3.05) is 31.8 Å². The highest BCUT2D eigenvalue weighted by molar-refractivity contribution is 6.00. The Morgan fingerprint density at radius 1 is 1.07 bits per heavy atom. The number of methoxy groups -OCH3 is 1. The van der Waals surface area contributed by atoms with Crippen LogP contribution in [-0.2, 0) is 11.3 Å². The summed E-state index contributed by atoms with van der Waals surface area (Å²) < 4.78 is 5.82. The van der Waals surface area contributed by atoms with Gasteiger partial charge in [0.15, 0.2) is 11.5 Å². The summed E-state index contributed by atoms with van der Waals surface area (Å²) in [5, 5.41) is 25.8. The van der Waals surface area contributed by atoms with E-state index in [1.54, 1.807) is 43.6 Å². The monoisotopic (exact) mass is 605 g/mol. The maximum atomic E-state index is 13.2. The minimum Gasteiger partial charge on any atom is -0.494 e. The van der Waals surface area contributed by atoms with Gasteiger partial charge in [0.2, 0.25) is 5.91 Å². The number of rotatable bonds is 10. The van der Waals surface area contributed by atoms with Crippen molar-refractivity contribution in [3.63, 3.8) is 0 Å². The molecular formula is C32H31N9O4. The molecule has 45 heavy (non-hydrogen) atoms. The molecule has 228 valence electrons.